The van der Waals surface area contributed by atoms with Crippen LogP contribution in [0.5, 0.6) is 5.75 Å². The molecule has 0 spiro atoms. The van der Waals surface area contributed by atoms with Gasteiger partial charge in [0.05, 0.1) is 0 Å². The molecule has 106 valence electrons. The Morgan fingerprint density at radius 2 is 1.86 bits per heavy atom. The lowest BCUT2D eigenvalue weighted by molar-refractivity contribution is 0.336. The number of rotatable bonds is 5. The first kappa shape index (κ1) is 13.4. The molecule has 0 aliphatic carbocycles. The molecule has 0 radical (unpaired) electrons. The lowest BCUT2D eigenvalue weighted by Crippen LogP contribution is -2.12. The van der Waals surface area contributed by atoms with E-state index in [-0.39, 0.29) is 0 Å². The molecular weight excluding hydrogens is 260 g/mol. The Kier molecular flexibility index (Phi) is 4.01. The molecule has 0 aliphatic rings. The lowest BCUT2D eigenvalue weighted by atomic mass is 10.2. The summed E-state index contributed by atoms with van der Waals surface area (Å²) in [7, 11) is 0. The van der Waals surface area contributed by atoms with Gasteiger partial charge in [0.1, 0.15) is 17.9 Å². The Balaban J connectivity index is 1.61. The van der Waals surface area contributed by atoms with Crippen LogP contribution in [0.15, 0.2) is 60.8 Å². The quantitative estimate of drug-likeness (QED) is 0.715. The summed E-state index contributed by atoms with van der Waals surface area (Å²) in [4.78, 5) is 4.39. The summed E-state index contributed by atoms with van der Waals surface area (Å²) in [5.74, 6) is 0.833. The average Bonchev–Trinajstić information content (AvgIpc) is 2.53. The number of nitrogens with zero attached hydrogens (tertiary/aromatic N) is 1. The van der Waals surface area contributed by atoms with Gasteiger partial charge in [0, 0.05) is 23.8 Å². The number of para-hydroxylation sites is 2. The third-order valence-electron chi connectivity index (χ3n) is 3.42. The van der Waals surface area contributed by atoms with E-state index in [1.807, 2.05) is 42.5 Å². The molecule has 0 saturated heterocycles. The van der Waals surface area contributed by atoms with Gasteiger partial charge in [-0.05, 0) is 30.7 Å². The van der Waals surface area contributed by atoms with Crippen LogP contribution in [0.1, 0.15) is 5.56 Å². The number of ether oxygens (including phenoxy) is 1. The van der Waals surface area contributed by atoms with E-state index in [4.69, 9.17) is 4.74 Å². The Morgan fingerprint density at radius 1 is 1.00 bits per heavy atom. The molecule has 3 aromatic rings. The van der Waals surface area contributed by atoms with Gasteiger partial charge in [-0.2, -0.15) is 0 Å². The van der Waals surface area contributed by atoms with Crippen molar-refractivity contribution in [2.75, 3.05) is 18.5 Å². The summed E-state index contributed by atoms with van der Waals surface area (Å²) >= 11 is 0. The average molecular weight is 278 g/mol. The summed E-state index contributed by atoms with van der Waals surface area (Å²) in [6.45, 7) is 3.45. The normalized spacial score (nSPS) is 10.5. The van der Waals surface area contributed by atoms with E-state index in [2.05, 4.69) is 29.4 Å². The highest BCUT2D eigenvalue weighted by molar-refractivity contribution is 5.84. The van der Waals surface area contributed by atoms with E-state index >= 15 is 0 Å². The third-order valence-corrected chi connectivity index (χ3v) is 3.42. The van der Waals surface area contributed by atoms with Gasteiger partial charge < -0.3 is 10.1 Å². The highest BCUT2D eigenvalue weighted by Gasteiger charge is 2.02. The number of benzene rings is 2. The maximum absolute atomic E-state index is 5.86. The van der Waals surface area contributed by atoms with Gasteiger partial charge in [-0.15, -0.1) is 0 Å². The first-order chi connectivity index (χ1) is 10.3. The van der Waals surface area contributed by atoms with Crippen LogP contribution >= 0.6 is 0 Å². The second kappa shape index (κ2) is 6.27. The minimum Gasteiger partial charge on any atom is -0.489 e. The van der Waals surface area contributed by atoms with Crippen molar-refractivity contribution in [3.63, 3.8) is 0 Å². The van der Waals surface area contributed by atoms with E-state index in [1.165, 1.54) is 5.56 Å². The Hall–Kier alpha value is -2.55. The molecule has 0 amide bonds. The molecule has 0 unspecified atom stereocenters. The number of anilines is 1. The number of nitrogens with one attached hydrogen (secondary N) is 1. The smallest absolute Gasteiger partial charge is 0.145 e. The van der Waals surface area contributed by atoms with Crippen molar-refractivity contribution in [2.45, 2.75) is 6.92 Å². The van der Waals surface area contributed by atoms with Crippen molar-refractivity contribution in [1.29, 1.82) is 0 Å². The molecule has 0 fully saturated rings. The summed E-state index contributed by atoms with van der Waals surface area (Å²) in [5.41, 5.74) is 3.30. The molecule has 0 saturated carbocycles. The van der Waals surface area contributed by atoms with Crippen LogP contribution in [0.3, 0.4) is 0 Å². The Bertz CT molecular complexity index is 735. The minimum absolute atomic E-state index is 0.601. The van der Waals surface area contributed by atoms with Gasteiger partial charge in [0.15, 0.2) is 0 Å². The fourth-order valence-corrected chi connectivity index (χ4v) is 2.31. The zero-order valence-electron chi connectivity index (χ0n) is 12.0. The zero-order valence-corrected chi connectivity index (χ0v) is 12.0. The molecule has 3 rings (SSSR count). The van der Waals surface area contributed by atoms with E-state index in [0.717, 1.165) is 28.9 Å². The number of pyridine rings is 1. The van der Waals surface area contributed by atoms with Gasteiger partial charge in [0.2, 0.25) is 0 Å². The topological polar surface area (TPSA) is 34.1 Å². The van der Waals surface area contributed by atoms with Crippen LogP contribution < -0.4 is 10.1 Å². The number of fused-ring (bicyclic) bond motifs is 1. The van der Waals surface area contributed by atoms with Crippen LogP contribution in [0.4, 0.5) is 5.69 Å². The van der Waals surface area contributed by atoms with Crippen LogP contribution in [0.2, 0.25) is 0 Å². The summed E-state index contributed by atoms with van der Waals surface area (Å²) in [6.07, 6.45) is 1.79. The molecule has 0 bridgehead atoms. The van der Waals surface area contributed by atoms with E-state index in [0.29, 0.717) is 6.61 Å². The SMILES string of the molecule is Cc1ccccc1NCCOc1cccc2cccnc12. The monoisotopic (exact) mass is 278 g/mol. The van der Waals surface area contributed by atoms with Crippen molar-refractivity contribution in [2.24, 2.45) is 0 Å². The fourth-order valence-electron chi connectivity index (χ4n) is 2.31. The molecule has 1 aromatic heterocycles. The van der Waals surface area contributed by atoms with Crippen LogP contribution in [-0.4, -0.2) is 18.1 Å². The van der Waals surface area contributed by atoms with Gasteiger partial charge in [-0.1, -0.05) is 36.4 Å². The second-order valence-electron chi connectivity index (χ2n) is 4.92. The molecule has 1 heterocycles. The fraction of sp³-hybridized carbons (Fsp3) is 0.167. The van der Waals surface area contributed by atoms with Crippen LogP contribution in [0, 0.1) is 6.92 Å². The van der Waals surface area contributed by atoms with Crippen LogP contribution in [-0.2, 0) is 0 Å². The van der Waals surface area contributed by atoms with Crippen molar-refractivity contribution < 1.29 is 4.74 Å². The maximum atomic E-state index is 5.86. The molecular formula is C18H18N2O. The highest BCUT2D eigenvalue weighted by Crippen LogP contribution is 2.22. The van der Waals surface area contributed by atoms with E-state index < -0.39 is 0 Å². The number of aryl methyl sites for hydroxylation is 1. The predicted molar refractivity (Wildman–Crippen MR) is 86.9 cm³/mol. The largest absolute Gasteiger partial charge is 0.489 e. The minimum atomic E-state index is 0.601. The first-order valence-corrected chi connectivity index (χ1v) is 7.10. The Morgan fingerprint density at radius 3 is 2.76 bits per heavy atom. The van der Waals surface area contributed by atoms with Gasteiger partial charge in [-0.3, -0.25) is 4.98 Å². The van der Waals surface area contributed by atoms with Gasteiger partial charge in [0.25, 0.3) is 0 Å². The summed E-state index contributed by atoms with van der Waals surface area (Å²) in [5, 5.41) is 4.48. The molecule has 1 N–H and O–H groups in total. The molecule has 3 heteroatoms. The predicted octanol–water partition coefficient (Wildman–Crippen LogP) is 4.03. The second-order valence-corrected chi connectivity index (χ2v) is 4.92. The number of aromatic nitrogens is 1. The summed E-state index contributed by atoms with van der Waals surface area (Å²) in [6, 6.07) is 18.2. The zero-order chi connectivity index (χ0) is 14.5. The van der Waals surface area contributed by atoms with Crippen LogP contribution in [0.25, 0.3) is 10.9 Å². The molecule has 21 heavy (non-hydrogen) atoms. The first-order valence-electron chi connectivity index (χ1n) is 7.10. The van der Waals surface area contributed by atoms with Crippen molar-refractivity contribution in [3.05, 3.63) is 66.4 Å². The van der Waals surface area contributed by atoms with E-state index in [9.17, 15) is 0 Å². The lowest BCUT2D eigenvalue weighted by Gasteiger charge is -2.11. The van der Waals surface area contributed by atoms with Gasteiger partial charge >= 0.3 is 0 Å². The molecule has 2 aromatic carbocycles. The number of hydrogen-bond acceptors (Lipinski definition) is 3. The highest BCUT2D eigenvalue weighted by atomic mass is 16.5. The van der Waals surface area contributed by atoms with Crippen molar-refractivity contribution >= 4 is 16.6 Å². The molecule has 0 aliphatic heterocycles. The Labute approximate surface area is 124 Å². The third kappa shape index (κ3) is 3.14. The van der Waals surface area contributed by atoms with E-state index in [1.54, 1.807) is 6.20 Å². The maximum Gasteiger partial charge on any atom is 0.145 e. The van der Waals surface area contributed by atoms with Gasteiger partial charge in [-0.25, -0.2) is 0 Å². The van der Waals surface area contributed by atoms with Crippen molar-refractivity contribution in [3.8, 4) is 5.75 Å². The molecule has 0 atom stereocenters. The standard InChI is InChI=1S/C18H18N2O/c1-14-6-2-3-9-16(14)19-12-13-21-17-10-4-7-15-8-5-11-20-18(15)17/h2-11,19H,12-13H2,1H3. The number of hydrogen-bond donors (Lipinski definition) is 1. The van der Waals surface area contributed by atoms with Crippen molar-refractivity contribution in [1.82, 2.24) is 4.98 Å². The summed E-state index contributed by atoms with van der Waals surface area (Å²) < 4.78 is 5.86. The molecule has 3 nitrogen and oxygen atoms in total.